The lowest BCUT2D eigenvalue weighted by molar-refractivity contribution is -0.132. The largest absolute Gasteiger partial charge is 0.335 e. The third-order valence-corrected chi connectivity index (χ3v) is 5.06. The van der Waals surface area contributed by atoms with E-state index in [0.29, 0.717) is 17.4 Å². The first-order valence-corrected chi connectivity index (χ1v) is 8.95. The number of amides is 2. The summed E-state index contributed by atoms with van der Waals surface area (Å²) in [5.41, 5.74) is 2.53. The van der Waals surface area contributed by atoms with Crippen LogP contribution < -0.4 is 5.32 Å². The van der Waals surface area contributed by atoms with Crippen LogP contribution in [0, 0.1) is 0 Å². The number of nitrogens with one attached hydrogen (secondary N) is 1. The summed E-state index contributed by atoms with van der Waals surface area (Å²) in [5.74, 6) is -0.404. The second-order valence-electron chi connectivity index (χ2n) is 6.02. The predicted molar refractivity (Wildman–Crippen MR) is 95.6 cm³/mol. The third-order valence-electron chi connectivity index (χ3n) is 4.31. The van der Waals surface area contributed by atoms with Crippen LogP contribution in [0.1, 0.15) is 47.9 Å². The SMILES string of the molecule is CC(=O)c1csc(NC(=O)CC2c3ccccc3CCN2C(C)=O)n1. The number of aromatic nitrogens is 1. The molecule has 0 spiro atoms. The van der Waals surface area contributed by atoms with E-state index in [-0.39, 0.29) is 30.1 Å². The molecule has 0 fully saturated rings. The number of carbonyl (C=O) groups excluding carboxylic acids is 3. The summed E-state index contributed by atoms with van der Waals surface area (Å²) >= 11 is 1.22. The molecule has 7 heteroatoms. The van der Waals surface area contributed by atoms with E-state index in [1.54, 1.807) is 10.3 Å². The first-order valence-electron chi connectivity index (χ1n) is 8.07. The van der Waals surface area contributed by atoms with Gasteiger partial charge in [0.25, 0.3) is 0 Å². The molecule has 130 valence electrons. The minimum atomic E-state index is -0.283. The van der Waals surface area contributed by atoms with E-state index in [2.05, 4.69) is 10.3 Å². The number of carbonyl (C=O) groups is 3. The lowest BCUT2D eigenvalue weighted by Crippen LogP contribution is -2.40. The van der Waals surface area contributed by atoms with Crippen LogP contribution in [0.5, 0.6) is 0 Å². The normalized spacial score (nSPS) is 16.2. The number of thiazole rings is 1. The lowest BCUT2D eigenvalue weighted by Gasteiger charge is -2.36. The van der Waals surface area contributed by atoms with Gasteiger partial charge in [-0.2, -0.15) is 0 Å². The summed E-state index contributed by atoms with van der Waals surface area (Å²) in [5, 5.41) is 4.75. The Morgan fingerprint density at radius 3 is 2.72 bits per heavy atom. The monoisotopic (exact) mass is 357 g/mol. The van der Waals surface area contributed by atoms with Crippen LogP contribution in [0.25, 0.3) is 0 Å². The number of nitrogens with zero attached hydrogens (tertiary/aromatic N) is 2. The number of Topliss-reactive ketones (excluding diaryl/α,β-unsaturated/α-hetero) is 1. The van der Waals surface area contributed by atoms with E-state index >= 15 is 0 Å². The Morgan fingerprint density at radius 1 is 1.28 bits per heavy atom. The fourth-order valence-electron chi connectivity index (χ4n) is 3.09. The van der Waals surface area contributed by atoms with Crippen molar-refractivity contribution in [1.29, 1.82) is 0 Å². The summed E-state index contributed by atoms with van der Waals surface area (Å²) in [6, 6.07) is 7.62. The van der Waals surface area contributed by atoms with Crippen molar-refractivity contribution in [2.45, 2.75) is 32.7 Å². The molecule has 1 aromatic heterocycles. The van der Waals surface area contributed by atoms with Gasteiger partial charge in [-0.3, -0.25) is 14.4 Å². The molecule has 2 aromatic rings. The molecule has 1 aromatic carbocycles. The first-order chi connectivity index (χ1) is 12.0. The Labute approximate surface area is 149 Å². The van der Waals surface area contributed by atoms with E-state index in [1.807, 2.05) is 24.3 Å². The van der Waals surface area contributed by atoms with Crippen LogP contribution in [0.15, 0.2) is 29.6 Å². The van der Waals surface area contributed by atoms with Crippen molar-refractivity contribution in [1.82, 2.24) is 9.88 Å². The van der Waals surface area contributed by atoms with Gasteiger partial charge in [0.2, 0.25) is 11.8 Å². The van der Waals surface area contributed by atoms with Gasteiger partial charge in [-0.1, -0.05) is 24.3 Å². The summed E-state index contributed by atoms with van der Waals surface area (Å²) in [7, 11) is 0. The second-order valence-corrected chi connectivity index (χ2v) is 6.88. The van der Waals surface area contributed by atoms with Gasteiger partial charge in [0, 0.05) is 25.8 Å². The van der Waals surface area contributed by atoms with Crippen molar-refractivity contribution in [2.75, 3.05) is 11.9 Å². The molecule has 0 saturated carbocycles. The Morgan fingerprint density at radius 2 is 2.04 bits per heavy atom. The van der Waals surface area contributed by atoms with Crippen molar-refractivity contribution < 1.29 is 14.4 Å². The Hall–Kier alpha value is -2.54. The topological polar surface area (TPSA) is 79.4 Å². The van der Waals surface area contributed by atoms with Crippen LogP contribution in [-0.4, -0.2) is 34.0 Å². The molecule has 1 aliphatic rings. The van der Waals surface area contributed by atoms with E-state index in [0.717, 1.165) is 12.0 Å². The highest BCUT2D eigenvalue weighted by Gasteiger charge is 2.30. The van der Waals surface area contributed by atoms with Gasteiger partial charge in [0.05, 0.1) is 12.5 Å². The van der Waals surface area contributed by atoms with Crippen LogP contribution in [0.3, 0.4) is 0 Å². The number of hydrogen-bond donors (Lipinski definition) is 1. The number of anilines is 1. The quantitative estimate of drug-likeness (QED) is 0.854. The van der Waals surface area contributed by atoms with E-state index < -0.39 is 0 Å². The molecule has 0 aliphatic carbocycles. The molecule has 2 heterocycles. The molecule has 6 nitrogen and oxygen atoms in total. The van der Waals surface area contributed by atoms with Crippen molar-refractivity contribution in [3.05, 3.63) is 46.5 Å². The molecule has 1 unspecified atom stereocenters. The van der Waals surface area contributed by atoms with Crippen LogP contribution in [0.2, 0.25) is 0 Å². The summed E-state index contributed by atoms with van der Waals surface area (Å²) in [6.07, 6.45) is 0.952. The maximum atomic E-state index is 12.5. The number of fused-ring (bicyclic) bond motifs is 1. The summed E-state index contributed by atoms with van der Waals surface area (Å²) in [6.45, 7) is 3.57. The molecule has 0 radical (unpaired) electrons. The Balaban J connectivity index is 1.77. The predicted octanol–water partition coefficient (Wildman–Crippen LogP) is 2.82. The minimum Gasteiger partial charge on any atom is -0.335 e. The highest BCUT2D eigenvalue weighted by Crippen LogP contribution is 2.32. The molecule has 25 heavy (non-hydrogen) atoms. The first kappa shape index (κ1) is 17.3. The molecular formula is C18H19N3O3S. The molecule has 0 bridgehead atoms. The number of rotatable bonds is 4. The Kier molecular flexibility index (Phi) is 4.94. The lowest BCUT2D eigenvalue weighted by atomic mass is 9.90. The standard InChI is InChI=1S/C18H19N3O3S/c1-11(22)15-10-25-18(19-15)20-17(24)9-16-14-6-4-3-5-13(14)7-8-21(16)12(2)23/h3-6,10,16H,7-9H2,1-2H3,(H,19,20,24). The second kappa shape index (κ2) is 7.14. The van der Waals surface area contributed by atoms with Crippen molar-refractivity contribution in [2.24, 2.45) is 0 Å². The maximum absolute atomic E-state index is 12.5. The molecule has 1 aliphatic heterocycles. The van der Waals surface area contributed by atoms with E-state index in [4.69, 9.17) is 0 Å². The van der Waals surface area contributed by atoms with Crippen LogP contribution in [-0.2, 0) is 16.0 Å². The highest BCUT2D eigenvalue weighted by atomic mass is 32.1. The summed E-state index contributed by atoms with van der Waals surface area (Å²) < 4.78 is 0. The zero-order chi connectivity index (χ0) is 18.0. The Bertz CT molecular complexity index is 830. The molecule has 0 saturated heterocycles. The van der Waals surface area contributed by atoms with Crippen molar-refractivity contribution in [3.8, 4) is 0 Å². The average Bonchev–Trinajstić information content (AvgIpc) is 3.03. The molecular weight excluding hydrogens is 338 g/mol. The number of benzene rings is 1. The van der Waals surface area contributed by atoms with Gasteiger partial charge in [-0.05, 0) is 17.5 Å². The van der Waals surface area contributed by atoms with E-state index in [1.165, 1.54) is 30.7 Å². The fraction of sp³-hybridized carbons (Fsp3) is 0.333. The van der Waals surface area contributed by atoms with Gasteiger partial charge >= 0.3 is 0 Å². The van der Waals surface area contributed by atoms with Gasteiger partial charge in [0.15, 0.2) is 10.9 Å². The minimum absolute atomic E-state index is 0.0413. The van der Waals surface area contributed by atoms with Crippen LogP contribution in [0.4, 0.5) is 5.13 Å². The zero-order valence-corrected chi connectivity index (χ0v) is 14.9. The van der Waals surface area contributed by atoms with Crippen molar-refractivity contribution in [3.63, 3.8) is 0 Å². The third kappa shape index (κ3) is 3.76. The van der Waals surface area contributed by atoms with Gasteiger partial charge < -0.3 is 10.2 Å². The molecule has 2 amide bonds. The van der Waals surface area contributed by atoms with Gasteiger partial charge in [-0.25, -0.2) is 4.98 Å². The molecule has 3 rings (SSSR count). The van der Waals surface area contributed by atoms with Crippen LogP contribution >= 0.6 is 11.3 Å². The smallest absolute Gasteiger partial charge is 0.228 e. The summed E-state index contributed by atoms with van der Waals surface area (Å²) in [4.78, 5) is 41.6. The maximum Gasteiger partial charge on any atom is 0.228 e. The number of hydrogen-bond acceptors (Lipinski definition) is 5. The fourth-order valence-corrected chi connectivity index (χ4v) is 3.85. The number of ketones is 1. The van der Waals surface area contributed by atoms with Gasteiger partial charge in [0.1, 0.15) is 5.69 Å². The van der Waals surface area contributed by atoms with Gasteiger partial charge in [-0.15, -0.1) is 11.3 Å². The molecule has 1 N–H and O–H groups in total. The highest BCUT2D eigenvalue weighted by molar-refractivity contribution is 7.14. The molecule has 1 atom stereocenters. The van der Waals surface area contributed by atoms with Crippen molar-refractivity contribution >= 4 is 34.1 Å². The van der Waals surface area contributed by atoms with E-state index in [9.17, 15) is 14.4 Å². The zero-order valence-electron chi connectivity index (χ0n) is 14.1. The average molecular weight is 357 g/mol.